The highest BCUT2D eigenvalue weighted by atomic mass is 79.9. The van der Waals surface area contributed by atoms with Gasteiger partial charge in [-0.1, -0.05) is 28.1 Å². The van der Waals surface area contributed by atoms with E-state index in [1.807, 2.05) is 0 Å². The van der Waals surface area contributed by atoms with Gasteiger partial charge in [-0.25, -0.2) is 0 Å². The van der Waals surface area contributed by atoms with Gasteiger partial charge in [0, 0.05) is 4.48 Å². The molecule has 0 nitrogen and oxygen atoms in total. The highest BCUT2D eigenvalue weighted by molar-refractivity contribution is 9.11. The van der Waals surface area contributed by atoms with Gasteiger partial charge in [0.05, 0.1) is 0 Å². The van der Waals surface area contributed by atoms with Crippen molar-refractivity contribution in [3.05, 3.63) is 22.2 Å². The van der Waals surface area contributed by atoms with Gasteiger partial charge >= 0.3 is 0 Å². The third-order valence-electron chi connectivity index (χ3n) is 2.38. The van der Waals surface area contributed by atoms with E-state index < -0.39 is 0 Å². The van der Waals surface area contributed by atoms with Crippen LogP contribution < -0.4 is 0 Å². The van der Waals surface area contributed by atoms with Crippen LogP contribution in [0.25, 0.3) is 0 Å². The fourth-order valence-electron chi connectivity index (χ4n) is 1.52. The summed E-state index contributed by atoms with van der Waals surface area (Å²) in [6.45, 7) is 0. The van der Waals surface area contributed by atoms with Crippen LogP contribution in [0.15, 0.2) is 22.2 Å². The molecule has 0 saturated heterocycles. The summed E-state index contributed by atoms with van der Waals surface area (Å²) >= 11 is 3.69. The summed E-state index contributed by atoms with van der Waals surface area (Å²) in [6, 6.07) is 0. The second-order valence-electron chi connectivity index (χ2n) is 3.44. The summed E-state index contributed by atoms with van der Waals surface area (Å²) in [5, 5.41) is 0. The first-order valence-corrected chi connectivity index (χ1v) is 5.22. The minimum Gasteiger partial charge on any atom is -0.0842 e. The highest BCUT2D eigenvalue weighted by Crippen LogP contribution is 2.42. The average Bonchev–Trinajstić information content (AvgIpc) is 2.87. The first-order valence-electron chi connectivity index (χ1n) is 4.43. The van der Waals surface area contributed by atoms with Crippen LogP contribution in [0.2, 0.25) is 0 Å². The molecule has 0 heterocycles. The second-order valence-corrected chi connectivity index (χ2v) is 4.30. The van der Waals surface area contributed by atoms with Crippen LogP contribution in [-0.2, 0) is 0 Å². The molecule has 0 radical (unpaired) electrons. The molecule has 0 aromatic carbocycles. The van der Waals surface area contributed by atoms with E-state index in [4.69, 9.17) is 0 Å². The third kappa shape index (κ3) is 1.76. The fraction of sp³-hybridized carbons (Fsp3) is 0.600. The summed E-state index contributed by atoms with van der Waals surface area (Å²) in [4.78, 5) is 0. The number of hydrogen-bond acceptors (Lipinski definition) is 0. The van der Waals surface area contributed by atoms with Gasteiger partial charge in [-0.15, -0.1) is 0 Å². The Morgan fingerprint density at radius 3 is 2.82 bits per heavy atom. The molecule has 0 aromatic heterocycles. The van der Waals surface area contributed by atoms with Crippen molar-refractivity contribution in [2.75, 3.05) is 0 Å². The van der Waals surface area contributed by atoms with Crippen LogP contribution in [0.3, 0.4) is 0 Å². The van der Waals surface area contributed by atoms with Crippen LogP contribution in [0.4, 0.5) is 0 Å². The zero-order valence-electron chi connectivity index (χ0n) is 6.65. The lowest BCUT2D eigenvalue weighted by Crippen LogP contribution is -1.90. The predicted molar refractivity (Wildman–Crippen MR) is 51.7 cm³/mol. The topological polar surface area (TPSA) is 0 Å². The molecule has 0 bridgehead atoms. The van der Waals surface area contributed by atoms with Crippen LogP contribution in [0.1, 0.15) is 32.1 Å². The largest absolute Gasteiger partial charge is 0.0842 e. The van der Waals surface area contributed by atoms with Gasteiger partial charge in [0.1, 0.15) is 0 Å². The van der Waals surface area contributed by atoms with Gasteiger partial charge in [0.25, 0.3) is 0 Å². The molecule has 0 atom stereocenters. The summed E-state index contributed by atoms with van der Waals surface area (Å²) in [6.07, 6.45) is 11.3. The zero-order chi connectivity index (χ0) is 7.68. The fourth-order valence-corrected chi connectivity index (χ4v) is 2.31. The minimum atomic E-state index is 0.882. The van der Waals surface area contributed by atoms with E-state index >= 15 is 0 Å². The van der Waals surface area contributed by atoms with Gasteiger partial charge < -0.3 is 0 Å². The first-order chi connectivity index (χ1) is 5.38. The van der Waals surface area contributed by atoms with Gasteiger partial charge in [-0.05, 0) is 43.6 Å². The predicted octanol–water partition coefficient (Wildman–Crippen LogP) is 3.79. The zero-order valence-corrected chi connectivity index (χ0v) is 8.23. The lowest BCUT2D eigenvalue weighted by atomic mass is 10.0. The molecule has 0 amide bonds. The van der Waals surface area contributed by atoms with Gasteiger partial charge in [0.15, 0.2) is 0 Å². The molecule has 11 heavy (non-hydrogen) atoms. The third-order valence-corrected chi connectivity index (χ3v) is 3.54. The molecule has 1 saturated carbocycles. The Kier molecular flexibility index (Phi) is 2.17. The van der Waals surface area contributed by atoms with E-state index in [0.717, 1.165) is 5.92 Å². The normalized spacial score (nSPS) is 28.8. The Labute approximate surface area is 76.5 Å². The number of hydrogen-bond donors (Lipinski definition) is 0. The number of rotatable bonds is 1. The van der Waals surface area contributed by atoms with Gasteiger partial charge in [0.2, 0.25) is 0 Å². The van der Waals surface area contributed by atoms with Crippen molar-refractivity contribution < 1.29 is 0 Å². The van der Waals surface area contributed by atoms with Crippen LogP contribution in [0, 0.1) is 5.92 Å². The first kappa shape index (κ1) is 7.60. The molecule has 0 aromatic rings. The molecule has 2 aliphatic rings. The average molecular weight is 213 g/mol. The minimum absolute atomic E-state index is 0.882. The Balaban J connectivity index is 2.15. The molecule has 2 aliphatic carbocycles. The Hall–Kier alpha value is -0.0400. The standard InChI is InChI=1S/C10H13Br/c11-10(9-6-7-9)8-4-2-1-3-5-8/h2,4,9H,1,3,5-7H2/b10-8+. The van der Waals surface area contributed by atoms with Crippen LogP contribution in [-0.4, -0.2) is 0 Å². The summed E-state index contributed by atoms with van der Waals surface area (Å²) in [7, 11) is 0. The number of halogens is 1. The Morgan fingerprint density at radius 1 is 1.45 bits per heavy atom. The summed E-state index contributed by atoms with van der Waals surface area (Å²) in [5.74, 6) is 0.882. The van der Waals surface area contributed by atoms with E-state index in [-0.39, 0.29) is 0 Å². The molecular formula is C10H13Br. The Morgan fingerprint density at radius 2 is 2.27 bits per heavy atom. The van der Waals surface area contributed by atoms with Gasteiger partial charge in [-0.3, -0.25) is 0 Å². The van der Waals surface area contributed by atoms with Crippen LogP contribution >= 0.6 is 15.9 Å². The maximum Gasteiger partial charge on any atom is 0.00135 e. The van der Waals surface area contributed by atoms with Crippen molar-refractivity contribution in [3.8, 4) is 0 Å². The van der Waals surface area contributed by atoms with Crippen molar-refractivity contribution in [1.82, 2.24) is 0 Å². The monoisotopic (exact) mass is 212 g/mol. The van der Waals surface area contributed by atoms with E-state index in [2.05, 4.69) is 28.1 Å². The summed E-state index contributed by atoms with van der Waals surface area (Å²) in [5.41, 5.74) is 1.55. The van der Waals surface area contributed by atoms with Crippen LogP contribution in [0.5, 0.6) is 0 Å². The molecule has 0 spiro atoms. The molecule has 0 unspecified atom stereocenters. The van der Waals surface area contributed by atoms with E-state index in [1.165, 1.54) is 36.6 Å². The molecule has 1 heteroatoms. The molecule has 0 aliphatic heterocycles. The SMILES string of the molecule is Br/C(=C1\C=CCCC1)C1CC1. The van der Waals surface area contributed by atoms with Crippen molar-refractivity contribution in [2.45, 2.75) is 32.1 Å². The smallest absolute Gasteiger partial charge is 0.00135 e. The van der Waals surface area contributed by atoms with E-state index in [0.29, 0.717) is 0 Å². The van der Waals surface area contributed by atoms with Crippen molar-refractivity contribution in [1.29, 1.82) is 0 Å². The summed E-state index contributed by atoms with van der Waals surface area (Å²) < 4.78 is 1.49. The van der Waals surface area contributed by atoms with E-state index in [9.17, 15) is 0 Å². The van der Waals surface area contributed by atoms with Crippen molar-refractivity contribution in [2.24, 2.45) is 5.92 Å². The lowest BCUT2D eigenvalue weighted by molar-refractivity contribution is 0.811. The van der Waals surface area contributed by atoms with E-state index in [1.54, 1.807) is 5.57 Å². The lowest BCUT2D eigenvalue weighted by Gasteiger charge is -2.09. The molecule has 2 rings (SSSR count). The number of allylic oxidation sites excluding steroid dienone is 4. The quantitative estimate of drug-likeness (QED) is 0.621. The highest BCUT2D eigenvalue weighted by Gasteiger charge is 2.26. The molecule has 1 fully saturated rings. The maximum atomic E-state index is 3.69. The Bertz CT molecular complexity index is 209. The molecule has 0 N–H and O–H groups in total. The van der Waals surface area contributed by atoms with Crippen molar-refractivity contribution in [3.63, 3.8) is 0 Å². The second kappa shape index (κ2) is 3.14. The van der Waals surface area contributed by atoms with Gasteiger partial charge in [-0.2, -0.15) is 0 Å². The molecule has 60 valence electrons. The van der Waals surface area contributed by atoms with Crippen molar-refractivity contribution >= 4 is 15.9 Å². The maximum absolute atomic E-state index is 3.69. The molecular weight excluding hydrogens is 200 g/mol.